The predicted octanol–water partition coefficient (Wildman–Crippen LogP) is 7.80. The maximum absolute atomic E-state index is 5.76. The summed E-state index contributed by atoms with van der Waals surface area (Å²) in [6, 6.07) is 16.8. The summed E-state index contributed by atoms with van der Waals surface area (Å²) in [6.45, 7) is 7.47. The van der Waals surface area contributed by atoms with Crippen LogP contribution in [0.5, 0.6) is 5.75 Å². The van der Waals surface area contributed by atoms with Gasteiger partial charge in [0.15, 0.2) is 0 Å². The Kier molecular flexibility index (Phi) is 11.1. The molecular formula is C28H38O. The molecule has 156 valence electrons. The first kappa shape index (κ1) is 23.1. The molecule has 0 atom stereocenters. The Balaban J connectivity index is 1.73. The van der Waals surface area contributed by atoms with E-state index in [4.69, 9.17) is 4.74 Å². The van der Waals surface area contributed by atoms with Crippen LogP contribution < -0.4 is 4.74 Å². The van der Waals surface area contributed by atoms with E-state index in [-0.39, 0.29) is 0 Å². The quantitative estimate of drug-likeness (QED) is 0.265. The van der Waals surface area contributed by atoms with Gasteiger partial charge in [-0.25, -0.2) is 0 Å². The van der Waals surface area contributed by atoms with Crippen molar-refractivity contribution in [3.8, 4) is 17.6 Å². The van der Waals surface area contributed by atoms with E-state index in [1.165, 1.54) is 56.9 Å². The van der Waals surface area contributed by atoms with Gasteiger partial charge in [0.25, 0.3) is 0 Å². The standard InChI is InChI=1S/C28H38O/c1-4-5-6-7-8-9-10-11-25-12-14-26(15-13-25)16-17-27-18-20-28(21-19-27)29-23-22-24(2)3/h12-15,18-21,24H,4-11,22-23H2,1-3H3. The lowest BCUT2D eigenvalue weighted by molar-refractivity contribution is 0.289. The van der Waals surface area contributed by atoms with Gasteiger partial charge >= 0.3 is 0 Å². The highest BCUT2D eigenvalue weighted by Gasteiger charge is 1.98. The maximum atomic E-state index is 5.76. The Bertz CT molecular complexity index is 729. The van der Waals surface area contributed by atoms with Gasteiger partial charge in [0, 0.05) is 11.1 Å². The SMILES string of the molecule is CCCCCCCCCc1ccc(C#Cc2ccc(OCCC(C)C)cc2)cc1. The van der Waals surface area contributed by atoms with Crippen LogP contribution in [0.25, 0.3) is 0 Å². The summed E-state index contributed by atoms with van der Waals surface area (Å²) < 4.78 is 5.76. The van der Waals surface area contributed by atoms with Crippen LogP contribution in [0.3, 0.4) is 0 Å². The van der Waals surface area contributed by atoms with Gasteiger partial charge in [-0.2, -0.15) is 0 Å². The molecule has 0 fully saturated rings. The van der Waals surface area contributed by atoms with Crippen molar-refractivity contribution in [3.05, 3.63) is 65.2 Å². The Labute approximate surface area is 178 Å². The van der Waals surface area contributed by atoms with Crippen molar-refractivity contribution in [2.75, 3.05) is 6.61 Å². The molecule has 0 bridgehead atoms. The second kappa shape index (κ2) is 13.9. The third kappa shape index (κ3) is 10.2. The van der Waals surface area contributed by atoms with E-state index in [9.17, 15) is 0 Å². The number of ether oxygens (including phenoxy) is 1. The molecule has 0 aliphatic heterocycles. The van der Waals surface area contributed by atoms with Crippen molar-refractivity contribution in [2.45, 2.75) is 78.6 Å². The molecule has 0 aliphatic rings. The number of hydrogen-bond acceptors (Lipinski definition) is 1. The zero-order chi connectivity index (χ0) is 20.7. The monoisotopic (exact) mass is 390 g/mol. The van der Waals surface area contributed by atoms with Crippen molar-refractivity contribution in [3.63, 3.8) is 0 Å². The minimum Gasteiger partial charge on any atom is -0.494 e. The molecule has 0 unspecified atom stereocenters. The van der Waals surface area contributed by atoms with E-state index in [0.717, 1.165) is 29.9 Å². The van der Waals surface area contributed by atoms with E-state index in [2.05, 4.69) is 56.9 Å². The van der Waals surface area contributed by atoms with Crippen LogP contribution in [0.4, 0.5) is 0 Å². The molecule has 29 heavy (non-hydrogen) atoms. The molecule has 1 heteroatoms. The second-order valence-corrected chi connectivity index (χ2v) is 8.37. The first-order chi connectivity index (χ1) is 14.2. The molecule has 0 amide bonds. The van der Waals surface area contributed by atoms with E-state index < -0.39 is 0 Å². The van der Waals surface area contributed by atoms with Gasteiger partial charge in [-0.1, -0.05) is 83.3 Å². The molecule has 1 nitrogen and oxygen atoms in total. The molecular weight excluding hydrogens is 352 g/mol. The third-order valence-corrected chi connectivity index (χ3v) is 5.19. The van der Waals surface area contributed by atoms with Gasteiger partial charge in [-0.3, -0.25) is 0 Å². The lowest BCUT2D eigenvalue weighted by Gasteiger charge is -2.07. The van der Waals surface area contributed by atoms with Crippen molar-refractivity contribution in [1.82, 2.24) is 0 Å². The normalized spacial score (nSPS) is 10.6. The van der Waals surface area contributed by atoms with Crippen molar-refractivity contribution >= 4 is 0 Å². The summed E-state index contributed by atoms with van der Waals surface area (Å²) in [5.74, 6) is 8.11. The molecule has 2 aromatic carbocycles. The molecule has 0 heterocycles. The van der Waals surface area contributed by atoms with E-state index in [0.29, 0.717) is 5.92 Å². The van der Waals surface area contributed by atoms with Gasteiger partial charge in [0.2, 0.25) is 0 Å². The van der Waals surface area contributed by atoms with Crippen LogP contribution in [0.15, 0.2) is 48.5 Å². The van der Waals surface area contributed by atoms with Gasteiger partial charge in [-0.05, 0) is 67.1 Å². The highest BCUT2D eigenvalue weighted by Crippen LogP contribution is 2.14. The molecule has 0 saturated carbocycles. The Morgan fingerprint density at radius 2 is 1.28 bits per heavy atom. The van der Waals surface area contributed by atoms with Crippen LogP contribution in [0.1, 0.15) is 88.8 Å². The fourth-order valence-corrected chi connectivity index (χ4v) is 3.23. The molecule has 0 saturated heterocycles. The molecule has 0 aromatic heterocycles. The zero-order valence-electron chi connectivity index (χ0n) is 18.7. The minimum absolute atomic E-state index is 0.669. The summed E-state index contributed by atoms with van der Waals surface area (Å²) >= 11 is 0. The summed E-state index contributed by atoms with van der Waals surface area (Å²) in [5.41, 5.74) is 3.52. The van der Waals surface area contributed by atoms with E-state index >= 15 is 0 Å². The highest BCUT2D eigenvalue weighted by atomic mass is 16.5. The maximum Gasteiger partial charge on any atom is 0.119 e. The summed E-state index contributed by atoms with van der Waals surface area (Å²) in [6.07, 6.45) is 11.8. The van der Waals surface area contributed by atoms with Crippen LogP contribution in [-0.4, -0.2) is 6.61 Å². The van der Waals surface area contributed by atoms with E-state index in [1.807, 2.05) is 24.3 Å². The Morgan fingerprint density at radius 1 is 0.724 bits per heavy atom. The number of rotatable bonds is 12. The second-order valence-electron chi connectivity index (χ2n) is 8.37. The van der Waals surface area contributed by atoms with E-state index in [1.54, 1.807) is 0 Å². The van der Waals surface area contributed by atoms with Gasteiger partial charge in [0.05, 0.1) is 6.61 Å². The van der Waals surface area contributed by atoms with Crippen LogP contribution in [-0.2, 0) is 6.42 Å². The molecule has 2 rings (SSSR count). The molecule has 0 aliphatic carbocycles. The Morgan fingerprint density at radius 3 is 1.86 bits per heavy atom. The lowest BCUT2D eigenvalue weighted by atomic mass is 10.0. The Hall–Kier alpha value is -2.20. The molecule has 0 radical (unpaired) electrons. The van der Waals surface area contributed by atoms with Crippen LogP contribution in [0, 0.1) is 17.8 Å². The first-order valence-corrected chi connectivity index (χ1v) is 11.5. The summed E-state index contributed by atoms with van der Waals surface area (Å²) in [7, 11) is 0. The fourth-order valence-electron chi connectivity index (χ4n) is 3.23. The number of aryl methyl sites for hydroxylation is 1. The molecule has 0 spiro atoms. The van der Waals surface area contributed by atoms with Crippen molar-refractivity contribution < 1.29 is 4.74 Å². The van der Waals surface area contributed by atoms with Crippen molar-refractivity contribution in [1.29, 1.82) is 0 Å². The number of unbranched alkanes of at least 4 members (excludes halogenated alkanes) is 6. The number of benzene rings is 2. The average Bonchev–Trinajstić information content (AvgIpc) is 2.73. The minimum atomic E-state index is 0.669. The van der Waals surface area contributed by atoms with Gasteiger partial charge < -0.3 is 4.74 Å². The predicted molar refractivity (Wildman–Crippen MR) is 126 cm³/mol. The summed E-state index contributed by atoms with van der Waals surface area (Å²) in [5, 5.41) is 0. The largest absolute Gasteiger partial charge is 0.494 e. The fraction of sp³-hybridized carbons (Fsp3) is 0.500. The lowest BCUT2D eigenvalue weighted by Crippen LogP contribution is -2.01. The van der Waals surface area contributed by atoms with Gasteiger partial charge in [-0.15, -0.1) is 0 Å². The topological polar surface area (TPSA) is 9.23 Å². The summed E-state index contributed by atoms with van der Waals surface area (Å²) in [4.78, 5) is 0. The molecule has 0 N–H and O–H groups in total. The smallest absolute Gasteiger partial charge is 0.119 e. The average molecular weight is 391 g/mol. The van der Waals surface area contributed by atoms with Gasteiger partial charge in [0.1, 0.15) is 5.75 Å². The number of hydrogen-bond donors (Lipinski definition) is 0. The third-order valence-electron chi connectivity index (χ3n) is 5.19. The highest BCUT2D eigenvalue weighted by molar-refractivity contribution is 5.44. The first-order valence-electron chi connectivity index (χ1n) is 11.5. The molecule has 2 aromatic rings. The van der Waals surface area contributed by atoms with Crippen molar-refractivity contribution in [2.24, 2.45) is 5.92 Å². The van der Waals surface area contributed by atoms with Crippen LogP contribution in [0.2, 0.25) is 0 Å². The zero-order valence-corrected chi connectivity index (χ0v) is 18.7. The van der Waals surface area contributed by atoms with Crippen LogP contribution >= 0.6 is 0 Å².